The number of hydrogen-bond acceptors (Lipinski definition) is 4. The van der Waals surface area contributed by atoms with Crippen molar-refractivity contribution in [2.45, 2.75) is 17.7 Å². The molecule has 0 aromatic heterocycles. The number of methoxy groups -OCH3 is 1. The van der Waals surface area contributed by atoms with Crippen LogP contribution < -0.4 is 9.64 Å². The Morgan fingerprint density at radius 3 is 2.45 bits per heavy atom. The zero-order valence-corrected chi connectivity index (χ0v) is 12.8. The first-order valence-electron chi connectivity index (χ1n) is 6.94. The lowest BCUT2D eigenvalue weighted by Crippen LogP contribution is -2.51. The third kappa shape index (κ3) is 2.29. The van der Waals surface area contributed by atoms with E-state index in [0.29, 0.717) is 5.75 Å². The third-order valence-corrected chi connectivity index (χ3v) is 5.74. The summed E-state index contributed by atoms with van der Waals surface area (Å²) in [5, 5.41) is 0. The van der Waals surface area contributed by atoms with Gasteiger partial charge in [-0.15, -0.1) is 11.8 Å². The number of thioether (sulfide) groups is 1. The molecule has 1 amide bonds. The maximum atomic E-state index is 12.3. The van der Waals surface area contributed by atoms with Crippen LogP contribution >= 0.6 is 11.8 Å². The lowest BCUT2D eigenvalue weighted by molar-refractivity contribution is -0.116. The van der Waals surface area contributed by atoms with Gasteiger partial charge in [0, 0.05) is 18.8 Å². The fraction of sp³-hybridized carbons (Fsp3) is 0.533. The van der Waals surface area contributed by atoms with E-state index in [1.54, 1.807) is 7.11 Å². The van der Waals surface area contributed by atoms with Crippen LogP contribution in [0.15, 0.2) is 24.3 Å². The van der Waals surface area contributed by atoms with Gasteiger partial charge in [0.05, 0.1) is 17.7 Å². The van der Waals surface area contributed by atoms with Crippen molar-refractivity contribution in [1.29, 1.82) is 0 Å². The second-order valence-electron chi connectivity index (χ2n) is 5.47. The molecule has 108 valence electrons. The molecule has 3 rings (SSSR count). The highest BCUT2D eigenvalue weighted by atomic mass is 32.2. The standard InChI is InChI=1S/C15H20N2O2S/c1-16-9-7-15(8-10-16)17(14(18)11-20-15)12-3-5-13(19-2)6-4-12/h3-6H,7-11H2,1-2H3. The van der Waals surface area contributed by atoms with Crippen molar-refractivity contribution in [3.05, 3.63) is 24.3 Å². The maximum absolute atomic E-state index is 12.3. The molecule has 0 aliphatic carbocycles. The summed E-state index contributed by atoms with van der Waals surface area (Å²) in [6, 6.07) is 7.83. The van der Waals surface area contributed by atoms with Crippen molar-refractivity contribution < 1.29 is 9.53 Å². The van der Waals surface area contributed by atoms with Crippen LogP contribution in [0.1, 0.15) is 12.8 Å². The summed E-state index contributed by atoms with van der Waals surface area (Å²) >= 11 is 1.81. The number of piperidine rings is 1. The largest absolute Gasteiger partial charge is 0.497 e. The molecular formula is C15H20N2O2S. The fourth-order valence-electron chi connectivity index (χ4n) is 3.00. The highest BCUT2D eigenvalue weighted by molar-refractivity contribution is 8.02. The predicted octanol–water partition coefficient (Wildman–Crippen LogP) is 2.20. The van der Waals surface area contributed by atoms with Crippen LogP contribution in [0.2, 0.25) is 0 Å². The van der Waals surface area contributed by atoms with Gasteiger partial charge in [0.2, 0.25) is 5.91 Å². The smallest absolute Gasteiger partial charge is 0.238 e. The Morgan fingerprint density at radius 2 is 1.85 bits per heavy atom. The number of nitrogens with zero attached hydrogens (tertiary/aromatic N) is 2. The summed E-state index contributed by atoms with van der Waals surface area (Å²) in [6.45, 7) is 2.10. The van der Waals surface area contributed by atoms with Crippen LogP contribution in [0.3, 0.4) is 0 Å². The van der Waals surface area contributed by atoms with E-state index in [9.17, 15) is 4.79 Å². The average molecular weight is 292 g/mol. The Labute approximate surface area is 124 Å². The second-order valence-corrected chi connectivity index (χ2v) is 6.80. The highest BCUT2D eigenvalue weighted by Gasteiger charge is 2.48. The van der Waals surface area contributed by atoms with Gasteiger partial charge in [-0.25, -0.2) is 0 Å². The molecule has 0 atom stereocenters. The van der Waals surface area contributed by atoms with Gasteiger partial charge >= 0.3 is 0 Å². The number of amides is 1. The Morgan fingerprint density at radius 1 is 1.20 bits per heavy atom. The number of anilines is 1. The molecule has 0 radical (unpaired) electrons. The minimum atomic E-state index is -0.0435. The molecular weight excluding hydrogens is 272 g/mol. The van der Waals surface area contributed by atoms with Crippen molar-refractivity contribution >= 4 is 23.4 Å². The van der Waals surface area contributed by atoms with Crippen LogP contribution in [-0.2, 0) is 4.79 Å². The van der Waals surface area contributed by atoms with Crippen molar-refractivity contribution in [2.75, 3.05) is 37.9 Å². The minimum Gasteiger partial charge on any atom is -0.497 e. The number of carbonyl (C=O) groups excluding carboxylic acids is 1. The van der Waals surface area contributed by atoms with E-state index in [-0.39, 0.29) is 10.8 Å². The van der Waals surface area contributed by atoms with Crippen LogP contribution in [0.4, 0.5) is 5.69 Å². The fourth-order valence-corrected chi connectivity index (χ4v) is 4.33. The molecule has 4 nitrogen and oxygen atoms in total. The Balaban J connectivity index is 1.89. The van der Waals surface area contributed by atoms with E-state index >= 15 is 0 Å². The summed E-state index contributed by atoms with van der Waals surface area (Å²) < 4.78 is 5.19. The zero-order valence-electron chi connectivity index (χ0n) is 12.0. The molecule has 5 heteroatoms. The number of hydrogen-bond donors (Lipinski definition) is 0. The number of likely N-dealkylation sites (tertiary alicyclic amines) is 1. The third-order valence-electron chi connectivity index (χ3n) is 4.22. The summed E-state index contributed by atoms with van der Waals surface area (Å²) in [5.41, 5.74) is 0.991. The second kappa shape index (κ2) is 5.30. The lowest BCUT2D eigenvalue weighted by Gasteiger charge is -2.43. The summed E-state index contributed by atoms with van der Waals surface area (Å²) in [4.78, 5) is 16.7. The van der Waals surface area contributed by atoms with Gasteiger partial charge in [0.1, 0.15) is 5.75 Å². The Kier molecular flexibility index (Phi) is 3.65. The van der Waals surface area contributed by atoms with Crippen LogP contribution in [0.25, 0.3) is 0 Å². The van der Waals surface area contributed by atoms with E-state index in [2.05, 4.69) is 11.9 Å². The molecule has 0 unspecified atom stereocenters. The van der Waals surface area contributed by atoms with Gasteiger partial charge in [-0.1, -0.05) is 0 Å². The van der Waals surface area contributed by atoms with Crippen molar-refractivity contribution in [3.63, 3.8) is 0 Å². The predicted molar refractivity (Wildman–Crippen MR) is 82.4 cm³/mol. The molecule has 2 aliphatic heterocycles. The quantitative estimate of drug-likeness (QED) is 0.836. The van der Waals surface area contributed by atoms with Gasteiger partial charge in [-0.05, 0) is 44.2 Å². The lowest BCUT2D eigenvalue weighted by atomic mass is 10.0. The number of benzene rings is 1. The molecule has 1 spiro atoms. The van der Waals surface area contributed by atoms with Gasteiger partial charge in [-0.2, -0.15) is 0 Å². The first-order valence-corrected chi connectivity index (χ1v) is 7.93. The number of ether oxygens (including phenoxy) is 1. The molecule has 1 aromatic rings. The molecule has 1 aromatic carbocycles. The van der Waals surface area contributed by atoms with Crippen LogP contribution in [0, 0.1) is 0 Å². The average Bonchev–Trinajstić information content (AvgIpc) is 2.80. The monoisotopic (exact) mass is 292 g/mol. The van der Waals surface area contributed by atoms with Gasteiger partial charge < -0.3 is 9.64 Å². The first kappa shape index (κ1) is 13.8. The Hall–Kier alpha value is -1.20. The number of rotatable bonds is 2. The van der Waals surface area contributed by atoms with Crippen molar-refractivity contribution in [1.82, 2.24) is 4.90 Å². The molecule has 2 heterocycles. The molecule has 2 fully saturated rings. The molecule has 0 saturated carbocycles. The Bertz CT molecular complexity index is 495. The molecule has 20 heavy (non-hydrogen) atoms. The minimum absolute atomic E-state index is 0.0435. The summed E-state index contributed by atoms with van der Waals surface area (Å²) in [7, 11) is 3.80. The van der Waals surface area contributed by atoms with Crippen LogP contribution in [-0.4, -0.2) is 48.7 Å². The van der Waals surface area contributed by atoms with E-state index in [4.69, 9.17) is 4.74 Å². The first-order chi connectivity index (χ1) is 9.64. The van der Waals surface area contributed by atoms with Gasteiger partial charge in [0.25, 0.3) is 0 Å². The van der Waals surface area contributed by atoms with Crippen molar-refractivity contribution in [2.24, 2.45) is 0 Å². The highest BCUT2D eigenvalue weighted by Crippen LogP contribution is 2.46. The maximum Gasteiger partial charge on any atom is 0.238 e. The van der Waals surface area contributed by atoms with Gasteiger partial charge in [-0.3, -0.25) is 9.69 Å². The molecule has 0 N–H and O–H groups in total. The van der Waals surface area contributed by atoms with E-state index in [1.165, 1.54) is 0 Å². The van der Waals surface area contributed by atoms with E-state index < -0.39 is 0 Å². The normalized spacial score (nSPS) is 22.5. The van der Waals surface area contributed by atoms with Gasteiger partial charge in [0.15, 0.2) is 0 Å². The zero-order chi connectivity index (χ0) is 14.2. The summed E-state index contributed by atoms with van der Waals surface area (Å²) in [6.07, 6.45) is 2.07. The molecule has 2 saturated heterocycles. The SMILES string of the molecule is COc1ccc(N2C(=O)CSC23CCN(C)CC3)cc1. The van der Waals surface area contributed by atoms with E-state index in [0.717, 1.165) is 37.4 Å². The van der Waals surface area contributed by atoms with E-state index in [1.807, 2.05) is 40.9 Å². The number of carbonyl (C=O) groups is 1. The topological polar surface area (TPSA) is 32.8 Å². The summed E-state index contributed by atoms with van der Waals surface area (Å²) in [5.74, 6) is 1.64. The molecule has 2 aliphatic rings. The molecule has 0 bridgehead atoms. The van der Waals surface area contributed by atoms with Crippen molar-refractivity contribution in [3.8, 4) is 5.75 Å². The van der Waals surface area contributed by atoms with Crippen LogP contribution in [0.5, 0.6) is 5.75 Å².